The standard InChI is InChI=1S/C15H18O3S/c1-12(16)19-10-3-2-5-13-6-4-7-14(11-13)15-17-8-9-18-15/h2,4-7,11,15H,3,8-10H2,1H3. The second-order valence-corrected chi connectivity index (χ2v) is 5.55. The van der Waals surface area contributed by atoms with Crippen LogP contribution in [0.1, 0.15) is 30.8 Å². The molecular weight excluding hydrogens is 260 g/mol. The molecule has 0 aromatic heterocycles. The zero-order chi connectivity index (χ0) is 13.5. The van der Waals surface area contributed by atoms with E-state index >= 15 is 0 Å². The Morgan fingerprint density at radius 2 is 2.21 bits per heavy atom. The molecule has 0 unspecified atom stereocenters. The minimum absolute atomic E-state index is 0.172. The van der Waals surface area contributed by atoms with Gasteiger partial charge >= 0.3 is 0 Å². The largest absolute Gasteiger partial charge is 0.346 e. The van der Waals surface area contributed by atoms with Gasteiger partial charge in [-0.15, -0.1) is 0 Å². The van der Waals surface area contributed by atoms with Crippen LogP contribution in [0.25, 0.3) is 6.08 Å². The molecule has 1 aromatic rings. The summed E-state index contributed by atoms with van der Waals surface area (Å²) in [7, 11) is 0. The lowest BCUT2D eigenvalue weighted by atomic mass is 10.1. The van der Waals surface area contributed by atoms with Crippen molar-refractivity contribution >= 4 is 23.0 Å². The number of allylic oxidation sites excluding steroid dienone is 1. The van der Waals surface area contributed by atoms with Gasteiger partial charge in [-0.05, 0) is 18.1 Å². The van der Waals surface area contributed by atoms with Crippen molar-refractivity contribution in [2.24, 2.45) is 0 Å². The van der Waals surface area contributed by atoms with Crippen LogP contribution in [0.3, 0.4) is 0 Å². The van der Waals surface area contributed by atoms with Gasteiger partial charge in [-0.1, -0.05) is 42.1 Å². The number of carbonyl (C=O) groups excluding carboxylic acids is 1. The fourth-order valence-corrected chi connectivity index (χ4v) is 2.39. The van der Waals surface area contributed by atoms with Crippen LogP contribution >= 0.6 is 11.8 Å². The molecule has 0 radical (unpaired) electrons. The van der Waals surface area contributed by atoms with Gasteiger partial charge in [0.2, 0.25) is 0 Å². The van der Waals surface area contributed by atoms with Gasteiger partial charge in [0.25, 0.3) is 0 Å². The molecule has 1 heterocycles. The van der Waals surface area contributed by atoms with Crippen molar-refractivity contribution in [2.75, 3.05) is 19.0 Å². The summed E-state index contributed by atoms with van der Waals surface area (Å²) < 4.78 is 11.0. The van der Waals surface area contributed by atoms with Gasteiger partial charge < -0.3 is 9.47 Å². The smallest absolute Gasteiger partial charge is 0.185 e. The van der Waals surface area contributed by atoms with Crippen molar-refractivity contribution in [3.05, 3.63) is 41.5 Å². The summed E-state index contributed by atoms with van der Waals surface area (Å²) in [6, 6.07) is 8.14. The number of ether oxygens (including phenoxy) is 2. The zero-order valence-corrected chi connectivity index (χ0v) is 11.8. The van der Waals surface area contributed by atoms with Crippen molar-refractivity contribution in [2.45, 2.75) is 19.6 Å². The van der Waals surface area contributed by atoms with E-state index in [-0.39, 0.29) is 11.4 Å². The van der Waals surface area contributed by atoms with Crippen LogP contribution in [0, 0.1) is 0 Å². The maximum Gasteiger partial charge on any atom is 0.185 e. The van der Waals surface area contributed by atoms with E-state index in [0.29, 0.717) is 13.2 Å². The Bertz CT molecular complexity index is 450. The molecule has 1 aliphatic heterocycles. The van der Waals surface area contributed by atoms with Crippen molar-refractivity contribution in [1.29, 1.82) is 0 Å². The van der Waals surface area contributed by atoms with Crippen molar-refractivity contribution in [3.8, 4) is 0 Å². The SMILES string of the molecule is CC(=O)SCCC=Cc1cccc(C2OCCO2)c1. The Morgan fingerprint density at radius 3 is 2.95 bits per heavy atom. The average Bonchev–Trinajstić information content (AvgIpc) is 2.92. The Hall–Kier alpha value is -1.10. The maximum absolute atomic E-state index is 10.8. The van der Waals surface area contributed by atoms with Crippen molar-refractivity contribution in [1.82, 2.24) is 0 Å². The van der Waals surface area contributed by atoms with E-state index in [1.54, 1.807) is 6.92 Å². The molecule has 2 rings (SSSR count). The first kappa shape index (κ1) is 14.3. The van der Waals surface area contributed by atoms with Crippen molar-refractivity contribution in [3.63, 3.8) is 0 Å². The van der Waals surface area contributed by atoms with E-state index in [1.807, 2.05) is 18.2 Å². The molecular formula is C15H18O3S. The minimum atomic E-state index is -0.221. The lowest BCUT2D eigenvalue weighted by Gasteiger charge is -2.09. The maximum atomic E-state index is 10.8. The molecule has 0 saturated carbocycles. The second-order valence-electron chi connectivity index (χ2n) is 4.27. The molecule has 0 aliphatic carbocycles. The van der Waals surface area contributed by atoms with Crippen LogP contribution in [0.2, 0.25) is 0 Å². The van der Waals surface area contributed by atoms with Crippen LogP contribution < -0.4 is 0 Å². The summed E-state index contributed by atoms with van der Waals surface area (Å²) in [5.41, 5.74) is 2.18. The van der Waals surface area contributed by atoms with Crippen LogP contribution in [0.5, 0.6) is 0 Å². The molecule has 0 bridgehead atoms. The van der Waals surface area contributed by atoms with Gasteiger partial charge in [0, 0.05) is 18.2 Å². The third kappa shape index (κ3) is 4.82. The lowest BCUT2D eigenvalue weighted by Crippen LogP contribution is -1.97. The molecule has 0 amide bonds. The summed E-state index contributed by atoms with van der Waals surface area (Å²) in [4.78, 5) is 10.8. The van der Waals surface area contributed by atoms with Crippen LogP contribution in [0.15, 0.2) is 30.3 Å². The zero-order valence-electron chi connectivity index (χ0n) is 11.0. The number of carbonyl (C=O) groups is 1. The van der Waals surface area contributed by atoms with E-state index in [4.69, 9.17) is 9.47 Å². The molecule has 0 N–H and O–H groups in total. The van der Waals surface area contributed by atoms with Gasteiger partial charge in [0.15, 0.2) is 11.4 Å². The van der Waals surface area contributed by atoms with Gasteiger partial charge in [0.1, 0.15) is 0 Å². The molecule has 1 fully saturated rings. The summed E-state index contributed by atoms with van der Waals surface area (Å²) in [5, 5.41) is 0.172. The number of thioether (sulfide) groups is 1. The number of hydrogen-bond donors (Lipinski definition) is 0. The minimum Gasteiger partial charge on any atom is -0.346 e. The van der Waals surface area contributed by atoms with E-state index in [1.165, 1.54) is 11.8 Å². The molecule has 0 atom stereocenters. The van der Waals surface area contributed by atoms with E-state index in [0.717, 1.165) is 23.3 Å². The molecule has 1 aromatic carbocycles. The first-order chi connectivity index (χ1) is 9.25. The van der Waals surface area contributed by atoms with Gasteiger partial charge in [-0.2, -0.15) is 0 Å². The van der Waals surface area contributed by atoms with E-state index < -0.39 is 0 Å². The fraction of sp³-hybridized carbons (Fsp3) is 0.400. The van der Waals surface area contributed by atoms with E-state index in [2.05, 4.69) is 18.2 Å². The monoisotopic (exact) mass is 278 g/mol. The topological polar surface area (TPSA) is 35.5 Å². The van der Waals surface area contributed by atoms with Crippen LogP contribution in [-0.2, 0) is 14.3 Å². The molecule has 4 heteroatoms. The summed E-state index contributed by atoms with van der Waals surface area (Å²) >= 11 is 1.36. The second kappa shape index (κ2) is 7.48. The van der Waals surface area contributed by atoms with Crippen LogP contribution in [-0.4, -0.2) is 24.1 Å². The molecule has 1 saturated heterocycles. The first-order valence-electron chi connectivity index (χ1n) is 6.39. The van der Waals surface area contributed by atoms with Gasteiger partial charge in [0.05, 0.1) is 13.2 Å². The van der Waals surface area contributed by atoms with Gasteiger partial charge in [-0.3, -0.25) is 4.79 Å². The highest BCUT2D eigenvalue weighted by Crippen LogP contribution is 2.24. The van der Waals surface area contributed by atoms with E-state index in [9.17, 15) is 4.79 Å². The highest BCUT2D eigenvalue weighted by atomic mass is 32.2. The predicted molar refractivity (Wildman–Crippen MR) is 77.9 cm³/mol. The average molecular weight is 278 g/mol. The summed E-state index contributed by atoms with van der Waals surface area (Å²) in [5.74, 6) is 0.834. The van der Waals surface area contributed by atoms with Crippen LogP contribution in [0.4, 0.5) is 0 Å². The fourth-order valence-electron chi connectivity index (χ4n) is 1.85. The highest BCUT2D eigenvalue weighted by molar-refractivity contribution is 8.13. The number of benzene rings is 1. The Morgan fingerprint density at radius 1 is 1.42 bits per heavy atom. The number of rotatable bonds is 5. The normalized spacial score (nSPS) is 16.3. The summed E-state index contributed by atoms with van der Waals surface area (Å²) in [6.07, 6.45) is 4.83. The third-order valence-corrected chi connectivity index (χ3v) is 3.55. The third-order valence-electron chi connectivity index (χ3n) is 2.70. The molecule has 19 heavy (non-hydrogen) atoms. The lowest BCUT2D eigenvalue weighted by molar-refractivity contribution is -0.109. The van der Waals surface area contributed by atoms with Crippen molar-refractivity contribution < 1.29 is 14.3 Å². The number of hydrogen-bond acceptors (Lipinski definition) is 4. The Kier molecular flexibility index (Phi) is 5.63. The molecule has 0 spiro atoms. The van der Waals surface area contributed by atoms with Gasteiger partial charge in [-0.25, -0.2) is 0 Å². The Labute approximate surface area is 118 Å². The first-order valence-corrected chi connectivity index (χ1v) is 7.37. The molecule has 1 aliphatic rings. The molecule has 3 nitrogen and oxygen atoms in total. The molecule has 102 valence electrons. The Balaban J connectivity index is 1.87. The summed E-state index contributed by atoms with van der Waals surface area (Å²) in [6.45, 7) is 2.92. The quantitative estimate of drug-likeness (QED) is 0.773. The predicted octanol–water partition coefficient (Wildman–Crippen LogP) is 3.42. The highest BCUT2D eigenvalue weighted by Gasteiger charge is 2.17.